The van der Waals surface area contributed by atoms with Crippen LogP contribution in [0, 0.1) is 27.7 Å². The molecule has 0 fully saturated rings. The second-order valence-electron chi connectivity index (χ2n) is 3.05. The normalized spacial score (nSPS) is 10.2. The Morgan fingerprint density at radius 2 is 1.64 bits per heavy atom. The van der Waals surface area contributed by atoms with Crippen LogP contribution in [0.3, 0.4) is 0 Å². The van der Waals surface area contributed by atoms with Crippen molar-refractivity contribution in [1.29, 1.82) is 0 Å². The molecular formula is C11H15. The average molecular weight is 147 g/mol. The topological polar surface area (TPSA) is 0 Å². The van der Waals surface area contributed by atoms with E-state index >= 15 is 0 Å². The van der Waals surface area contributed by atoms with Gasteiger partial charge in [0.25, 0.3) is 0 Å². The minimum Gasteiger partial charge on any atom is -0.0588 e. The molecule has 0 saturated carbocycles. The van der Waals surface area contributed by atoms with Crippen LogP contribution in [0.5, 0.6) is 0 Å². The van der Waals surface area contributed by atoms with E-state index < -0.39 is 0 Å². The lowest BCUT2D eigenvalue weighted by molar-refractivity contribution is 1.14. The molecule has 0 aliphatic carbocycles. The first kappa shape index (κ1) is 8.32. The maximum atomic E-state index is 3.92. The van der Waals surface area contributed by atoms with E-state index in [0.29, 0.717) is 0 Å². The highest BCUT2D eigenvalue weighted by Gasteiger charge is 2.01. The zero-order valence-electron chi connectivity index (χ0n) is 7.57. The molecule has 11 heavy (non-hydrogen) atoms. The van der Waals surface area contributed by atoms with E-state index in [1.165, 1.54) is 22.3 Å². The van der Waals surface area contributed by atoms with Crippen LogP contribution in [-0.4, -0.2) is 0 Å². The Hall–Kier alpha value is -0.780. The smallest absolute Gasteiger partial charge is 0.0273 e. The molecule has 1 aromatic carbocycles. The molecule has 0 bridgehead atoms. The minimum atomic E-state index is 0.902. The zero-order chi connectivity index (χ0) is 8.43. The Bertz CT molecular complexity index is 259. The molecule has 0 aromatic heterocycles. The molecule has 0 unspecified atom stereocenters. The molecular weight excluding hydrogens is 132 g/mol. The molecule has 0 nitrogen and oxygen atoms in total. The molecule has 59 valence electrons. The number of hydrogen-bond acceptors (Lipinski definition) is 0. The van der Waals surface area contributed by atoms with Crippen molar-refractivity contribution in [3.8, 4) is 0 Å². The van der Waals surface area contributed by atoms with Crippen molar-refractivity contribution in [3.63, 3.8) is 0 Å². The van der Waals surface area contributed by atoms with Crippen molar-refractivity contribution in [2.24, 2.45) is 0 Å². The van der Waals surface area contributed by atoms with Gasteiger partial charge in [-0.15, -0.1) is 0 Å². The lowest BCUT2D eigenvalue weighted by Crippen LogP contribution is -1.93. The fourth-order valence-corrected chi connectivity index (χ4v) is 1.39. The van der Waals surface area contributed by atoms with E-state index in [0.717, 1.165) is 6.42 Å². The zero-order valence-corrected chi connectivity index (χ0v) is 7.57. The summed E-state index contributed by atoms with van der Waals surface area (Å²) in [4.78, 5) is 0. The third kappa shape index (κ3) is 1.45. The summed E-state index contributed by atoms with van der Waals surface area (Å²) in [6.45, 7) is 10.4. The second-order valence-corrected chi connectivity index (χ2v) is 3.05. The van der Waals surface area contributed by atoms with Gasteiger partial charge < -0.3 is 0 Å². The SMILES string of the molecule is [CH2]Cc1c(C)ccc(C)c1C. The molecule has 0 N–H and O–H groups in total. The first-order chi connectivity index (χ1) is 5.16. The monoisotopic (exact) mass is 147 g/mol. The average Bonchev–Trinajstić information content (AvgIpc) is 1.99. The molecule has 1 radical (unpaired) electrons. The lowest BCUT2D eigenvalue weighted by Gasteiger charge is -2.09. The van der Waals surface area contributed by atoms with Gasteiger partial charge in [0, 0.05) is 0 Å². The standard InChI is InChI=1S/C11H15/c1-5-11-9(3)7-6-8(2)10(11)4/h6-7H,1,5H2,2-4H3. The summed E-state index contributed by atoms with van der Waals surface area (Å²) >= 11 is 0. The third-order valence-corrected chi connectivity index (χ3v) is 2.35. The van der Waals surface area contributed by atoms with E-state index in [4.69, 9.17) is 0 Å². The van der Waals surface area contributed by atoms with E-state index in [-0.39, 0.29) is 0 Å². The maximum absolute atomic E-state index is 3.92. The molecule has 0 amide bonds. The van der Waals surface area contributed by atoms with Crippen molar-refractivity contribution in [1.82, 2.24) is 0 Å². The van der Waals surface area contributed by atoms with E-state index in [2.05, 4.69) is 39.8 Å². The molecule has 0 aliphatic heterocycles. The van der Waals surface area contributed by atoms with Crippen molar-refractivity contribution < 1.29 is 0 Å². The highest BCUT2D eigenvalue weighted by molar-refractivity contribution is 5.39. The van der Waals surface area contributed by atoms with Crippen molar-refractivity contribution in [2.45, 2.75) is 27.2 Å². The van der Waals surface area contributed by atoms with Crippen LogP contribution < -0.4 is 0 Å². The Balaban J connectivity index is 3.29. The van der Waals surface area contributed by atoms with Gasteiger partial charge in [0.1, 0.15) is 0 Å². The second kappa shape index (κ2) is 3.08. The van der Waals surface area contributed by atoms with E-state index in [9.17, 15) is 0 Å². The Morgan fingerprint density at radius 1 is 1.09 bits per heavy atom. The number of hydrogen-bond donors (Lipinski definition) is 0. The summed E-state index contributed by atoms with van der Waals surface area (Å²) in [5, 5.41) is 0. The van der Waals surface area contributed by atoms with Crippen molar-refractivity contribution in [3.05, 3.63) is 41.3 Å². The molecule has 1 aromatic rings. The minimum absolute atomic E-state index is 0.902. The lowest BCUT2D eigenvalue weighted by atomic mass is 9.97. The molecule has 1 rings (SSSR count). The summed E-state index contributed by atoms with van der Waals surface area (Å²) in [6, 6.07) is 4.34. The van der Waals surface area contributed by atoms with Crippen LogP contribution in [-0.2, 0) is 6.42 Å². The number of aryl methyl sites for hydroxylation is 2. The van der Waals surface area contributed by atoms with Gasteiger partial charge in [0.2, 0.25) is 0 Å². The van der Waals surface area contributed by atoms with Gasteiger partial charge in [0.15, 0.2) is 0 Å². The predicted octanol–water partition coefficient (Wildman–Crippen LogP) is 2.99. The Kier molecular flexibility index (Phi) is 2.33. The molecule has 0 spiro atoms. The predicted molar refractivity (Wildman–Crippen MR) is 49.7 cm³/mol. The van der Waals surface area contributed by atoms with Gasteiger partial charge in [-0.25, -0.2) is 0 Å². The number of benzene rings is 1. The highest BCUT2D eigenvalue weighted by Crippen LogP contribution is 2.17. The molecule has 0 atom stereocenters. The first-order valence-corrected chi connectivity index (χ1v) is 4.01. The summed E-state index contributed by atoms with van der Waals surface area (Å²) in [7, 11) is 0. The van der Waals surface area contributed by atoms with Crippen molar-refractivity contribution in [2.75, 3.05) is 0 Å². The van der Waals surface area contributed by atoms with Crippen LogP contribution in [0.2, 0.25) is 0 Å². The fourth-order valence-electron chi connectivity index (χ4n) is 1.39. The van der Waals surface area contributed by atoms with Crippen LogP contribution in [0.4, 0.5) is 0 Å². The largest absolute Gasteiger partial charge is 0.0588 e. The Morgan fingerprint density at radius 3 is 2.09 bits per heavy atom. The summed E-state index contributed by atoms with van der Waals surface area (Å²) in [6.07, 6.45) is 0.902. The maximum Gasteiger partial charge on any atom is -0.0273 e. The first-order valence-electron chi connectivity index (χ1n) is 4.01. The molecule has 0 saturated heterocycles. The molecule has 0 aliphatic rings. The van der Waals surface area contributed by atoms with Gasteiger partial charge in [-0.2, -0.15) is 0 Å². The summed E-state index contributed by atoms with van der Waals surface area (Å²) in [5.74, 6) is 0. The van der Waals surface area contributed by atoms with Gasteiger partial charge in [-0.05, 0) is 56.4 Å². The van der Waals surface area contributed by atoms with E-state index in [1.807, 2.05) is 0 Å². The van der Waals surface area contributed by atoms with Crippen LogP contribution in [0.25, 0.3) is 0 Å². The highest BCUT2D eigenvalue weighted by atomic mass is 14.1. The van der Waals surface area contributed by atoms with Gasteiger partial charge in [-0.1, -0.05) is 12.1 Å². The van der Waals surface area contributed by atoms with Crippen LogP contribution in [0.1, 0.15) is 22.3 Å². The van der Waals surface area contributed by atoms with Crippen LogP contribution >= 0.6 is 0 Å². The number of rotatable bonds is 1. The molecule has 0 heterocycles. The Labute approximate surface area is 69.3 Å². The van der Waals surface area contributed by atoms with Crippen LogP contribution in [0.15, 0.2) is 12.1 Å². The third-order valence-electron chi connectivity index (χ3n) is 2.35. The van der Waals surface area contributed by atoms with E-state index in [1.54, 1.807) is 0 Å². The van der Waals surface area contributed by atoms with Gasteiger partial charge in [-0.3, -0.25) is 0 Å². The van der Waals surface area contributed by atoms with Gasteiger partial charge >= 0.3 is 0 Å². The van der Waals surface area contributed by atoms with Crippen molar-refractivity contribution >= 4 is 0 Å². The molecule has 0 heteroatoms. The summed E-state index contributed by atoms with van der Waals surface area (Å²) < 4.78 is 0. The quantitative estimate of drug-likeness (QED) is 0.573. The van der Waals surface area contributed by atoms with Gasteiger partial charge in [0.05, 0.1) is 0 Å². The fraction of sp³-hybridized carbons (Fsp3) is 0.364. The summed E-state index contributed by atoms with van der Waals surface area (Å²) in [5.41, 5.74) is 5.54.